The summed E-state index contributed by atoms with van der Waals surface area (Å²) in [6, 6.07) is -0.530. The maximum atomic E-state index is 10.6. The minimum atomic E-state index is -0.530. The first-order valence-electron chi connectivity index (χ1n) is 2.92. The maximum absolute atomic E-state index is 10.6. The molecular weight excluding hydrogens is 166 g/mol. The molecule has 6 nitrogen and oxygen atoms in total. The normalized spacial score (nSPS) is 12.8. The average molecular weight is 173 g/mol. The third-order valence-electron chi connectivity index (χ3n) is 1.29. The molecule has 0 spiro atoms. The molecule has 0 saturated carbocycles. The standard InChI is InChI=1S/C4H7N5OS/c1-2(3(5)10)9-4(11)6-7-8-9/h2H,1H3,(H2,5,10)(H,6,8,11). The van der Waals surface area contributed by atoms with Gasteiger partial charge in [-0.1, -0.05) is 10.3 Å². The van der Waals surface area contributed by atoms with Crippen molar-refractivity contribution in [2.75, 3.05) is 0 Å². The molecule has 1 unspecified atom stereocenters. The lowest BCUT2D eigenvalue weighted by Gasteiger charge is -2.05. The van der Waals surface area contributed by atoms with Gasteiger partial charge in [0.15, 0.2) is 0 Å². The lowest BCUT2D eigenvalue weighted by Crippen LogP contribution is -2.24. The molecule has 11 heavy (non-hydrogen) atoms. The van der Waals surface area contributed by atoms with E-state index in [0.717, 1.165) is 0 Å². The van der Waals surface area contributed by atoms with Crippen molar-refractivity contribution in [3.05, 3.63) is 4.77 Å². The Bertz CT molecular complexity index is 314. The van der Waals surface area contributed by atoms with E-state index in [9.17, 15) is 4.79 Å². The summed E-state index contributed by atoms with van der Waals surface area (Å²) in [7, 11) is 0. The van der Waals surface area contributed by atoms with E-state index in [2.05, 4.69) is 15.5 Å². The van der Waals surface area contributed by atoms with Crippen molar-refractivity contribution in [3.63, 3.8) is 0 Å². The van der Waals surface area contributed by atoms with E-state index < -0.39 is 11.9 Å². The molecule has 0 aromatic carbocycles. The summed E-state index contributed by atoms with van der Waals surface area (Å²) in [6.07, 6.45) is 0. The summed E-state index contributed by atoms with van der Waals surface area (Å²) in [6.45, 7) is 1.61. The molecule has 1 aromatic rings. The van der Waals surface area contributed by atoms with Crippen LogP contribution in [0.3, 0.4) is 0 Å². The number of hydrogen-bond acceptors (Lipinski definition) is 4. The Morgan fingerprint density at radius 1 is 1.91 bits per heavy atom. The van der Waals surface area contributed by atoms with Crippen molar-refractivity contribution in [2.45, 2.75) is 13.0 Å². The van der Waals surface area contributed by atoms with E-state index in [-0.39, 0.29) is 4.77 Å². The highest BCUT2D eigenvalue weighted by Gasteiger charge is 2.11. The molecule has 0 saturated heterocycles. The molecule has 60 valence electrons. The van der Waals surface area contributed by atoms with E-state index >= 15 is 0 Å². The molecule has 0 fully saturated rings. The molecule has 1 aromatic heterocycles. The van der Waals surface area contributed by atoms with Gasteiger partial charge in [-0.2, -0.15) is 5.21 Å². The number of hydrogen-bond donors (Lipinski definition) is 2. The lowest BCUT2D eigenvalue weighted by molar-refractivity contribution is -0.121. The Hall–Kier alpha value is -1.24. The van der Waals surface area contributed by atoms with E-state index in [1.807, 2.05) is 0 Å². The second kappa shape index (κ2) is 2.79. The number of aromatic amines is 1. The molecule has 1 heterocycles. The molecule has 1 atom stereocenters. The Labute approximate surface area is 67.4 Å². The summed E-state index contributed by atoms with van der Waals surface area (Å²) in [4.78, 5) is 10.6. The Morgan fingerprint density at radius 2 is 2.55 bits per heavy atom. The zero-order chi connectivity index (χ0) is 8.43. The number of primary amides is 1. The van der Waals surface area contributed by atoms with E-state index in [4.69, 9.17) is 18.0 Å². The van der Waals surface area contributed by atoms with Crippen molar-refractivity contribution >= 4 is 18.1 Å². The summed E-state index contributed by atoms with van der Waals surface area (Å²) < 4.78 is 1.54. The van der Waals surface area contributed by atoms with Crippen LogP contribution in [0.2, 0.25) is 0 Å². The number of rotatable bonds is 2. The number of carbonyl (C=O) groups excluding carboxylic acids is 1. The van der Waals surface area contributed by atoms with Gasteiger partial charge in [-0.05, 0) is 19.1 Å². The molecule has 1 amide bonds. The van der Waals surface area contributed by atoms with Gasteiger partial charge in [0.1, 0.15) is 6.04 Å². The van der Waals surface area contributed by atoms with Gasteiger partial charge in [0.25, 0.3) is 0 Å². The molecule has 0 aliphatic heterocycles. The largest absolute Gasteiger partial charge is 0.368 e. The van der Waals surface area contributed by atoms with Crippen LogP contribution in [0.1, 0.15) is 13.0 Å². The number of nitrogens with one attached hydrogen (secondary N) is 1. The van der Waals surface area contributed by atoms with Crippen LogP contribution in [0.4, 0.5) is 0 Å². The van der Waals surface area contributed by atoms with Gasteiger partial charge < -0.3 is 5.73 Å². The van der Waals surface area contributed by atoms with Crippen molar-refractivity contribution < 1.29 is 4.79 Å². The monoisotopic (exact) mass is 173 g/mol. The van der Waals surface area contributed by atoms with Crippen molar-refractivity contribution in [2.24, 2.45) is 5.73 Å². The fourth-order valence-electron chi connectivity index (χ4n) is 0.584. The van der Waals surface area contributed by atoms with Gasteiger partial charge in [-0.15, -0.1) is 0 Å². The molecular formula is C4H7N5OS. The predicted octanol–water partition coefficient (Wildman–Crippen LogP) is -0.618. The van der Waals surface area contributed by atoms with Crippen LogP contribution >= 0.6 is 12.2 Å². The second-order valence-corrected chi connectivity index (χ2v) is 2.40. The minimum Gasteiger partial charge on any atom is -0.368 e. The Balaban J connectivity index is 3.02. The van der Waals surface area contributed by atoms with Crippen LogP contribution < -0.4 is 5.73 Å². The zero-order valence-corrected chi connectivity index (χ0v) is 6.63. The van der Waals surface area contributed by atoms with Gasteiger partial charge >= 0.3 is 0 Å². The van der Waals surface area contributed by atoms with Crippen LogP contribution in [-0.4, -0.2) is 26.1 Å². The summed E-state index contributed by atoms with van der Waals surface area (Å²) in [5.74, 6) is -0.479. The highest BCUT2D eigenvalue weighted by Crippen LogP contribution is 1.99. The van der Waals surface area contributed by atoms with Gasteiger partial charge in [-0.25, -0.2) is 4.68 Å². The van der Waals surface area contributed by atoms with Crippen molar-refractivity contribution in [1.29, 1.82) is 0 Å². The van der Waals surface area contributed by atoms with E-state index in [1.165, 1.54) is 4.68 Å². The SMILES string of the molecule is CC(C(N)=O)n1[nH]nnc1=S. The number of aromatic nitrogens is 4. The summed E-state index contributed by atoms with van der Waals surface area (Å²) in [5, 5.41) is 9.32. The number of amides is 1. The van der Waals surface area contributed by atoms with Crippen molar-refractivity contribution in [1.82, 2.24) is 20.2 Å². The highest BCUT2D eigenvalue weighted by molar-refractivity contribution is 7.71. The minimum absolute atomic E-state index is 0.219. The first-order chi connectivity index (χ1) is 5.13. The van der Waals surface area contributed by atoms with Crippen LogP contribution in [0.15, 0.2) is 0 Å². The first-order valence-corrected chi connectivity index (χ1v) is 3.32. The molecule has 0 aliphatic rings. The second-order valence-electron chi connectivity index (χ2n) is 2.03. The Morgan fingerprint density at radius 3 is 2.91 bits per heavy atom. The van der Waals surface area contributed by atoms with E-state index in [1.54, 1.807) is 6.92 Å². The molecule has 0 radical (unpaired) electrons. The van der Waals surface area contributed by atoms with Crippen LogP contribution in [0.25, 0.3) is 0 Å². The van der Waals surface area contributed by atoms with Crippen LogP contribution in [-0.2, 0) is 4.79 Å². The predicted molar refractivity (Wildman–Crippen MR) is 39.1 cm³/mol. The molecule has 1 rings (SSSR count). The van der Waals surface area contributed by atoms with Gasteiger partial charge in [0.05, 0.1) is 0 Å². The van der Waals surface area contributed by atoms with Gasteiger partial charge in [0.2, 0.25) is 10.7 Å². The summed E-state index contributed by atoms with van der Waals surface area (Å²) >= 11 is 4.73. The molecule has 3 N–H and O–H groups in total. The Kier molecular flexibility index (Phi) is 1.99. The number of carbonyl (C=O) groups is 1. The first kappa shape index (κ1) is 7.86. The average Bonchev–Trinajstić information content (AvgIpc) is 2.33. The topological polar surface area (TPSA) is 89.6 Å². The quantitative estimate of drug-likeness (QED) is 0.583. The number of nitrogens with zero attached hydrogens (tertiary/aromatic N) is 3. The number of nitrogens with two attached hydrogens (primary N) is 1. The van der Waals surface area contributed by atoms with Gasteiger partial charge in [-0.3, -0.25) is 4.79 Å². The number of H-pyrrole nitrogens is 1. The third-order valence-corrected chi connectivity index (χ3v) is 1.57. The lowest BCUT2D eigenvalue weighted by atomic mass is 10.3. The molecule has 0 aliphatic carbocycles. The van der Waals surface area contributed by atoms with E-state index in [0.29, 0.717) is 0 Å². The maximum Gasteiger partial charge on any atom is 0.242 e. The highest BCUT2D eigenvalue weighted by atomic mass is 32.1. The number of tetrazole rings is 1. The van der Waals surface area contributed by atoms with Crippen LogP contribution in [0, 0.1) is 4.77 Å². The molecule has 7 heteroatoms. The zero-order valence-electron chi connectivity index (χ0n) is 5.81. The van der Waals surface area contributed by atoms with Gasteiger partial charge in [0, 0.05) is 0 Å². The van der Waals surface area contributed by atoms with Crippen LogP contribution in [0.5, 0.6) is 0 Å². The smallest absolute Gasteiger partial charge is 0.242 e. The van der Waals surface area contributed by atoms with Crippen molar-refractivity contribution in [3.8, 4) is 0 Å². The third kappa shape index (κ3) is 1.43. The fourth-order valence-corrected chi connectivity index (χ4v) is 0.824. The summed E-state index contributed by atoms with van der Waals surface area (Å²) in [5.41, 5.74) is 5.01. The molecule has 0 bridgehead atoms. The fraction of sp³-hybridized carbons (Fsp3) is 0.500.